The Morgan fingerprint density at radius 2 is 2.50 bits per heavy atom. The molecule has 0 aromatic heterocycles. The van der Waals surface area contributed by atoms with Crippen LogP contribution in [0.4, 0.5) is 0 Å². The predicted octanol–water partition coefficient (Wildman–Crippen LogP) is 0.175. The molecule has 5 nitrogen and oxygen atoms in total. The minimum atomic E-state index is -1.27. The number of nitrogens with zero attached hydrogens (tertiary/aromatic N) is 2. The number of nitrogens with two attached hydrogens (primary N) is 1. The average Bonchev–Trinajstić information content (AvgIpc) is 1.87. The fraction of sp³-hybridized carbons (Fsp3) is 0.600. The number of primary amides is 1. The first-order chi connectivity index (χ1) is 4.54. The highest BCUT2D eigenvalue weighted by Gasteiger charge is 2.24. The van der Waals surface area contributed by atoms with Crippen LogP contribution in [0.3, 0.4) is 0 Å². The van der Waals surface area contributed by atoms with E-state index >= 15 is 0 Å². The quantitative estimate of drug-likeness (QED) is 0.546. The van der Waals surface area contributed by atoms with Gasteiger partial charge in [-0.2, -0.15) is 10.4 Å². The largest absolute Gasteiger partial charge is 0.370 e. The van der Waals surface area contributed by atoms with Gasteiger partial charge in [-0.15, -0.1) is 0 Å². The first-order valence-corrected chi connectivity index (χ1v) is 2.62. The molecule has 0 rings (SSSR count). The van der Waals surface area contributed by atoms with Crippen molar-refractivity contribution in [2.24, 2.45) is 10.8 Å². The van der Waals surface area contributed by atoms with Crippen molar-refractivity contribution in [2.45, 2.75) is 18.9 Å². The molecule has 0 radical (unpaired) electrons. The zero-order valence-electron chi connectivity index (χ0n) is 5.59. The van der Waals surface area contributed by atoms with Crippen LogP contribution < -0.4 is 5.73 Å². The highest BCUT2D eigenvalue weighted by molar-refractivity contribution is 5.75. The molecule has 1 atom stereocenters. The summed E-state index contributed by atoms with van der Waals surface area (Å²) in [5, 5.41) is 11.3. The van der Waals surface area contributed by atoms with Crippen LogP contribution in [-0.4, -0.2) is 11.4 Å². The van der Waals surface area contributed by atoms with Gasteiger partial charge < -0.3 is 5.73 Å². The molecule has 0 fully saturated rings. The van der Waals surface area contributed by atoms with Crippen LogP contribution in [0.15, 0.2) is 5.11 Å². The molecule has 0 aromatic rings. The van der Waals surface area contributed by atoms with E-state index in [0.717, 1.165) is 0 Å². The molecule has 0 saturated heterocycles. The van der Waals surface area contributed by atoms with Crippen molar-refractivity contribution in [1.82, 2.24) is 0 Å². The molecule has 54 valence electrons. The minimum absolute atomic E-state index is 0.201. The summed E-state index contributed by atoms with van der Waals surface area (Å²) in [5.41, 5.74) is 10.1. The monoisotopic (exact) mass is 140 g/mol. The maximum atomic E-state index is 10.3. The lowest BCUT2D eigenvalue weighted by Crippen LogP contribution is -2.27. The van der Waals surface area contributed by atoms with Crippen LogP contribution in [0, 0.1) is 16.9 Å². The van der Waals surface area contributed by atoms with E-state index in [2.05, 4.69) is 5.11 Å². The summed E-state index contributed by atoms with van der Waals surface area (Å²) in [6.07, 6.45) is -0.201. The molecule has 3 N–H and O–H groups in total. The lowest BCUT2D eigenvalue weighted by molar-refractivity contribution is -0.118. The van der Waals surface area contributed by atoms with Gasteiger partial charge in [0, 0.05) is 0 Å². The van der Waals surface area contributed by atoms with E-state index in [1.165, 1.54) is 6.92 Å². The van der Waals surface area contributed by atoms with Crippen molar-refractivity contribution in [3.63, 3.8) is 0 Å². The molecule has 1 unspecified atom stereocenters. The molecule has 0 bridgehead atoms. The summed E-state index contributed by atoms with van der Waals surface area (Å²) < 4.78 is 0. The third-order valence-corrected chi connectivity index (χ3v) is 1.01. The predicted molar refractivity (Wildman–Crippen MR) is 33.0 cm³/mol. The second-order valence-electron chi connectivity index (χ2n) is 2.14. The van der Waals surface area contributed by atoms with Gasteiger partial charge >= 0.3 is 0 Å². The first-order valence-electron chi connectivity index (χ1n) is 2.62. The van der Waals surface area contributed by atoms with E-state index in [-0.39, 0.29) is 6.42 Å². The molecule has 0 aliphatic rings. The lowest BCUT2D eigenvalue weighted by Gasteiger charge is -2.09. The van der Waals surface area contributed by atoms with Gasteiger partial charge in [0.1, 0.15) is 0 Å². The Balaban J connectivity index is 4.24. The molecule has 0 aliphatic heterocycles. The maximum absolute atomic E-state index is 10.3. The Morgan fingerprint density at radius 3 is 2.60 bits per heavy atom. The van der Waals surface area contributed by atoms with Gasteiger partial charge in [0.25, 0.3) is 0 Å². The second kappa shape index (κ2) is 2.92. The maximum Gasteiger partial charge on any atom is 0.221 e. The van der Waals surface area contributed by atoms with Crippen LogP contribution in [0.1, 0.15) is 13.3 Å². The van der Waals surface area contributed by atoms with Crippen molar-refractivity contribution >= 4 is 5.91 Å². The third-order valence-electron chi connectivity index (χ3n) is 1.01. The molecule has 1 amide bonds. The standard InChI is InChI=1S/C5H8N4O/c1-5(3-6,9-8)2-4(7)10/h8H,2H2,1H3,(H2,7,10). The molecule has 0 saturated carbocycles. The smallest absolute Gasteiger partial charge is 0.221 e. The number of carbonyl (C=O) groups excluding carboxylic acids is 1. The Morgan fingerprint density at radius 1 is 2.00 bits per heavy atom. The zero-order valence-corrected chi connectivity index (χ0v) is 5.59. The van der Waals surface area contributed by atoms with Crippen LogP contribution in [0.5, 0.6) is 0 Å². The molecule has 0 aromatic carbocycles. The summed E-state index contributed by atoms with van der Waals surface area (Å²) in [5.74, 6) is -0.625. The average molecular weight is 140 g/mol. The topological polar surface area (TPSA) is 103 Å². The molecule has 0 heterocycles. The van der Waals surface area contributed by atoms with Crippen molar-refractivity contribution < 1.29 is 4.79 Å². The summed E-state index contributed by atoms with van der Waals surface area (Å²) in [4.78, 5) is 10.3. The van der Waals surface area contributed by atoms with Gasteiger partial charge in [0.05, 0.1) is 12.5 Å². The summed E-state index contributed by atoms with van der Waals surface area (Å²) in [7, 11) is 0. The van der Waals surface area contributed by atoms with Crippen molar-refractivity contribution in [1.29, 1.82) is 10.8 Å². The fourth-order valence-electron chi connectivity index (χ4n) is 0.443. The van der Waals surface area contributed by atoms with E-state index in [1.807, 2.05) is 0 Å². The number of amides is 1. The van der Waals surface area contributed by atoms with E-state index in [4.69, 9.17) is 16.5 Å². The number of nitriles is 1. The van der Waals surface area contributed by atoms with Crippen LogP contribution in [-0.2, 0) is 4.79 Å². The fourth-order valence-corrected chi connectivity index (χ4v) is 0.443. The minimum Gasteiger partial charge on any atom is -0.370 e. The highest BCUT2D eigenvalue weighted by atomic mass is 16.1. The second-order valence-corrected chi connectivity index (χ2v) is 2.14. The Labute approximate surface area is 58.3 Å². The number of hydrogen-bond donors (Lipinski definition) is 2. The third kappa shape index (κ3) is 2.22. The van der Waals surface area contributed by atoms with Crippen LogP contribution in [0.25, 0.3) is 0 Å². The Hall–Kier alpha value is -1.44. The summed E-state index contributed by atoms with van der Waals surface area (Å²) >= 11 is 0. The molecular formula is C5H8N4O. The van der Waals surface area contributed by atoms with Gasteiger partial charge in [-0.25, -0.2) is 5.53 Å². The van der Waals surface area contributed by atoms with Gasteiger partial charge in [0.15, 0.2) is 5.54 Å². The normalized spacial score (nSPS) is 14.8. The molecule has 10 heavy (non-hydrogen) atoms. The van der Waals surface area contributed by atoms with Crippen molar-refractivity contribution in [3.8, 4) is 6.07 Å². The van der Waals surface area contributed by atoms with Crippen molar-refractivity contribution in [2.75, 3.05) is 0 Å². The van der Waals surface area contributed by atoms with E-state index in [0.29, 0.717) is 0 Å². The van der Waals surface area contributed by atoms with Gasteiger partial charge in [0.2, 0.25) is 5.91 Å². The van der Waals surface area contributed by atoms with Crippen LogP contribution in [0.2, 0.25) is 0 Å². The Bertz CT molecular complexity index is 194. The van der Waals surface area contributed by atoms with Crippen LogP contribution >= 0.6 is 0 Å². The van der Waals surface area contributed by atoms with Gasteiger partial charge in [-0.1, -0.05) is 0 Å². The lowest BCUT2D eigenvalue weighted by atomic mass is 10.0. The first kappa shape index (κ1) is 8.56. The highest BCUT2D eigenvalue weighted by Crippen LogP contribution is 2.12. The van der Waals surface area contributed by atoms with Gasteiger partial charge in [-0.05, 0) is 6.92 Å². The molecule has 0 aliphatic carbocycles. The zero-order chi connectivity index (χ0) is 8.20. The Kier molecular flexibility index (Phi) is 2.50. The molecule has 0 spiro atoms. The van der Waals surface area contributed by atoms with E-state index < -0.39 is 11.4 Å². The van der Waals surface area contributed by atoms with E-state index in [1.54, 1.807) is 6.07 Å². The van der Waals surface area contributed by atoms with Gasteiger partial charge in [-0.3, -0.25) is 4.79 Å². The number of carbonyl (C=O) groups is 1. The number of rotatable bonds is 3. The summed E-state index contributed by atoms with van der Waals surface area (Å²) in [6.45, 7) is 1.38. The van der Waals surface area contributed by atoms with Crippen molar-refractivity contribution in [3.05, 3.63) is 0 Å². The number of nitrogens with one attached hydrogen (secondary N) is 1. The SMILES string of the molecule is CC(C#N)(CC(N)=O)N=N. The number of hydrogen-bond acceptors (Lipinski definition) is 4. The molecular weight excluding hydrogens is 132 g/mol. The molecule has 5 heteroatoms. The summed E-state index contributed by atoms with van der Waals surface area (Å²) in [6, 6.07) is 1.70. The van der Waals surface area contributed by atoms with E-state index in [9.17, 15) is 4.79 Å².